The summed E-state index contributed by atoms with van der Waals surface area (Å²) >= 11 is 6.39. The average Bonchev–Trinajstić information content (AvgIpc) is 2.25. The standard InChI is InChI=1S/C14H13IS2/c1-9-3-4-10-12(7-9)17-13-8-14(2,15)6-5-11(13)16-10/h3-5,7-8H,6H2,1-2H3/t14-/m0/s1. The summed E-state index contributed by atoms with van der Waals surface area (Å²) in [7, 11) is 0. The van der Waals surface area contributed by atoms with E-state index in [9.17, 15) is 0 Å². The van der Waals surface area contributed by atoms with Gasteiger partial charge in [-0.3, -0.25) is 0 Å². The van der Waals surface area contributed by atoms with E-state index in [2.05, 4.69) is 66.8 Å². The van der Waals surface area contributed by atoms with Crippen molar-refractivity contribution in [3.05, 3.63) is 45.7 Å². The van der Waals surface area contributed by atoms with Crippen molar-refractivity contribution >= 4 is 46.1 Å². The Kier molecular flexibility index (Phi) is 3.12. The first-order chi connectivity index (χ1) is 8.03. The summed E-state index contributed by atoms with van der Waals surface area (Å²) in [5, 5.41) is 0. The number of hydrogen-bond donors (Lipinski definition) is 0. The summed E-state index contributed by atoms with van der Waals surface area (Å²) in [5.41, 5.74) is 1.35. The molecular weight excluding hydrogens is 359 g/mol. The van der Waals surface area contributed by atoms with Crippen LogP contribution in [0.2, 0.25) is 0 Å². The Morgan fingerprint density at radius 2 is 1.94 bits per heavy atom. The van der Waals surface area contributed by atoms with E-state index in [1.807, 2.05) is 23.5 Å². The fourth-order valence-electron chi connectivity index (χ4n) is 1.98. The van der Waals surface area contributed by atoms with Crippen LogP contribution in [0.3, 0.4) is 0 Å². The van der Waals surface area contributed by atoms with Gasteiger partial charge in [-0.25, -0.2) is 0 Å². The predicted octanol–water partition coefficient (Wildman–Crippen LogP) is 5.56. The highest BCUT2D eigenvalue weighted by Crippen LogP contribution is 2.53. The molecule has 1 atom stereocenters. The quantitative estimate of drug-likeness (QED) is 0.432. The Morgan fingerprint density at radius 3 is 2.76 bits per heavy atom. The lowest BCUT2D eigenvalue weighted by Gasteiger charge is -2.29. The monoisotopic (exact) mass is 372 g/mol. The molecule has 3 heteroatoms. The van der Waals surface area contributed by atoms with E-state index in [0.717, 1.165) is 6.42 Å². The third kappa shape index (κ3) is 2.47. The lowest BCUT2D eigenvalue weighted by Crippen LogP contribution is -2.15. The van der Waals surface area contributed by atoms with E-state index < -0.39 is 0 Å². The zero-order valence-corrected chi connectivity index (χ0v) is 13.6. The van der Waals surface area contributed by atoms with Gasteiger partial charge < -0.3 is 0 Å². The van der Waals surface area contributed by atoms with Gasteiger partial charge in [0.15, 0.2) is 0 Å². The summed E-state index contributed by atoms with van der Waals surface area (Å²) in [6.07, 6.45) is 5.95. The number of thioether (sulfide) groups is 2. The largest absolute Gasteiger partial charge is 0.0881 e. The molecule has 1 heterocycles. The SMILES string of the molecule is Cc1ccc2c(c1)SC1=C[C@@](C)(I)CC=C1S2. The molecule has 17 heavy (non-hydrogen) atoms. The Balaban J connectivity index is 2.04. The van der Waals surface area contributed by atoms with Crippen LogP contribution in [0.25, 0.3) is 0 Å². The Labute approximate surface area is 124 Å². The van der Waals surface area contributed by atoms with Gasteiger partial charge in [0, 0.05) is 23.0 Å². The van der Waals surface area contributed by atoms with Crippen molar-refractivity contribution < 1.29 is 0 Å². The van der Waals surface area contributed by atoms with E-state index in [0.29, 0.717) is 0 Å². The predicted molar refractivity (Wildman–Crippen MR) is 86.1 cm³/mol. The molecule has 1 aliphatic carbocycles. The van der Waals surface area contributed by atoms with E-state index in [1.54, 1.807) is 0 Å². The van der Waals surface area contributed by atoms with Crippen LogP contribution in [0.15, 0.2) is 50.0 Å². The average molecular weight is 372 g/mol. The summed E-state index contributed by atoms with van der Waals surface area (Å²) in [5.74, 6) is 0. The molecule has 2 aliphatic rings. The van der Waals surface area contributed by atoms with Crippen molar-refractivity contribution in [3.8, 4) is 0 Å². The molecule has 0 nitrogen and oxygen atoms in total. The molecule has 0 amide bonds. The molecule has 1 aromatic rings. The van der Waals surface area contributed by atoms with Crippen molar-refractivity contribution in [1.82, 2.24) is 0 Å². The lowest BCUT2D eigenvalue weighted by molar-refractivity contribution is 0.831. The number of hydrogen-bond acceptors (Lipinski definition) is 2. The molecule has 88 valence electrons. The molecule has 0 unspecified atom stereocenters. The Bertz CT molecular complexity index is 541. The van der Waals surface area contributed by atoms with E-state index in [-0.39, 0.29) is 3.42 Å². The molecule has 0 saturated heterocycles. The normalized spacial score (nSPS) is 26.8. The van der Waals surface area contributed by atoms with Crippen molar-refractivity contribution in [2.45, 2.75) is 33.5 Å². The van der Waals surface area contributed by atoms with Gasteiger partial charge in [-0.2, -0.15) is 0 Å². The molecule has 0 aromatic heterocycles. The molecule has 0 N–H and O–H groups in total. The van der Waals surface area contributed by atoms with E-state index >= 15 is 0 Å². The van der Waals surface area contributed by atoms with E-state index in [1.165, 1.54) is 25.2 Å². The van der Waals surface area contributed by atoms with Crippen LogP contribution in [0.5, 0.6) is 0 Å². The number of rotatable bonds is 0. The van der Waals surface area contributed by atoms with Crippen LogP contribution in [0, 0.1) is 6.92 Å². The fraction of sp³-hybridized carbons (Fsp3) is 0.286. The van der Waals surface area contributed by atoms with Gasteiger partial charge in [-0.05, 0) is 38.0 Å². The molecule has 0 radical (unpaired) electrons. The van der Waals surface area contributed by atoms with Crippen LogP contribution in [-0.4, -0.2) is 3.42 Å². The molecule has 1 aromatic carbocycles. The summed E-state index contributed by atoms with van der Waals surface area (Å²) in [6.45, 7) is 4.46. The zero-order chi connectivity index (χ0) is 12.0. The second-order valence-electron chi connectivity index (χ2n) is 4.71. The minimum Gasteiger partial charge on any atom is -0.0881 e. The number of allylic oxidation sites excluding steroid dienone is 2. The topological polar surface area (TPSA) is 0 Å². The summed E-state index contributed by atoms with van der Waals surface area (Å²) in [6, 6.07) is 6.74. The number of fused-ring (bicyclic) bond motifs is 2. The zero-order valence-electron chi connectivity index (χ0n) is 9.79. The van der Waals surface area contributed by atoms with Gasteiger partial charge in [0.05, 0.1) is 0 Å². The van der Waals surface area contributed by atoms with Crippen molar-refractivity contribution in [1.29, 1.82) is 0 Å². The number of benzene rings is 1. The Morgan fingerprint density at radius 1 is 1.18 bits per heavy atom. The van der Waals surface area contributed by atoms with Crippen molar-refractivity contribution in [3.63, 3.8) is 0 Å². The second kappa shape index (κ2) is 4.35. The first kappa shape index (κ1) is 12.2. The van der Waals surface area contributed by atoms with Gasteiger partial charge in [0.25, 0.3) is 0 Å². The van der Waals surface area contributed by atoms with Crippen LogP contribution in [0.1, 0.15) is 18.9 Å². The molecule has 0 fully saturated rings. The number of aryl methyl sites for hydroxylation is 1. The minimum absolute atomic E-state index is 0.283. The smallest absolute Gasteiger partial charge is 0.0421 e. The highest BCUT2D eigenvalue weighted by molar-refractivity contribution is 14.1. The van der Waals surface area contributed by atoms with Crippen LogP contribution < -0.4 is 0 Å². The fourth-order valence-corrected chi connectivity index (χ4v) is 5.24. The van der Waals surface area contributed by atoms with Crippen molar-refractivity contribution in [2.75, 3.05) is 0 Å². The highest BCUT2D eigenvalue weighted by Gasteiger charge is 2.27. The molecular formula is C14H13IS2. The maximum absolute atomic E-state index is 2.54. The third-order valence-electron chi connectivity index (χ3n) is 2.90. The molecule has 1 aliphatic heterocycles. The number of alkyl halides is 1. The van der Waals surface area contributed by atoms with Gasteiger partial charge in [-0.15, -0.1) is 0 Å². The first-order valence-corrected chi connectivity index (χ1v) is 8.33. The van der Waals surface area contributed by atoms with Gasteiger partial charge in [0.1, 0.15) is 0 Å². The van der Waals surface area contributed by atoms with Gasteiger partial charge in [-0.1, -0.05) is 64.3 Å². The van der Waals surface area contributed by atoms with E-state index in [4.69, 9.17) is 0 Å². The molecule has 0 spiro atoms. The second-order valence-corrected chi connectivity index (χ2v) is 9.35. The third-order valence-corrected chi connectivity index (χ3v) is 6.21. The highest BCUT2D eigenvalue weighted by atomic mass is 127. The summed E-state index contributed by atoms with van der Waals surface area (Å²) in [4.78, 5) is 5.70. The molecule has 3 rings (SSSR count). The van der Waals surface area contributed by atoms with Crippen LogP contribution in [-0.2, 0) is 0 Å². The maximum Gasteiger partial charge on any atom is 0.0421 e. The molecule has 0 bridgehead atoms. The van der Waals surface area contributed by atoms with Crippen molar-refractivity contribution in [2.24, 2.45) is 0 Å². The summed E-state index contributed by atoms with van der Waals surface area (Å²) < 4.78 is 0.283. The minimum atomic E-state index is 0.283. The Hall–Kier alpha value is 0.130. The van der Waals surface area contributed by atoms with Crippen LogP contribution in [0.4, 0.5) is 0 Å². The first-order valence-electron chi connectivity index (χ1n) is 5.62. The van der Waals surface area contributed by atoms with Gasteiger partial charge >= 0.3 is 0 Å². The maximum atomic E-state index is 2.54. The molecule has 0 saturated carbocycles. The van der Waals surface area contributed by atoms with Crippen LogP contribution >= 0.6 is 46.1 Å². The lowest BCUT2D eigenvalue weighted by atomic mass is 10.0. The number of halogens is 1. The van der Waals surface area contributed by atoms with Gasteiger partial charge in [0.2, 0.25) is 0 Å².